The van der Waals surface area contributed by atoms with Crippen molar-refractivity contribution in [2.24, 2.45) is 5.92 Å². The Labute approximate surface area is 177 Å². The van der Waals surface area contributed by atoms with Crippen LogP contribution < -0.4 is 10.2 Å². The molecule has 164 valence electrons. The zero-order valence-corrected chi connectivity index (χ0v) is 18.1. The van der Waals surface area contributed by atoms with E-state index >= 15 is 0 Å². The van der Waals surface area contributed by atoms with Gasteiger partial charge in [0.25, 0.3) is 10.0 Å². The maximum atomic E-state index is 13.5. The van der Waals surface area contributed by atoms with Crippen molar-refractivity contribution in [2.45, 2.75) is 23.2 Å². The normalized spacial score (nSPS) is 16.4. The van der Waals surface area contributed by atoms with E-state index in [9.17, 15) is 26.4 Å². The van der Waals surface area contributed by atoms with Crippen molar-refractivity contribution in [3.05, 3.63) is 41.3 Å². The van der Waals surface area contributed by atoms with E-state index in [0.717, 1.165) is 17.4 Å². The summed E-state index contributed by atoms with van der Waals surface area (Å²) in [6.07, 6.45) is -4.13. The van der Waals surface area contributed by atoms with E-state index in [2.05, 4.69) is 5.32 Å². The van der Waals surface area contributed by atoms with Gasteiger partial charge in [0, 0.05) is 38.8 Å². The molecule has 0 unspecified atom stereocenters. The molecule has 0 spiro atoms. The lowest BCUT2D eigenvalue weighted by atomic mass is 9.97. The van der Waals surface area contributed by atoms with Crippen LogP contribution in [0.5, 0.6) is 0 Å². The van der Waals surface area contributed by atoms with Gasteiger partial charge in [0.05, 0.1) is 11.3 Å². The number of hydrogen-bond acceptors (Lipinski definition) is 5. The van der Waals surface area contributed by atoms with E-state index in [1.165, 1.54) is 22.5 Å². The summed E-state index contributed by atoms with van der Waals surface area (Å²) in [5.74, 6) is -1.10. The number of alkyl halides is 3. The molecule has 1 N–H and O–H groups in total. The standard InChI is InChI=1S/C19H22F3N3O3S2/c1-24(2)14-5-6-16(15(12-14)19(20,21)22)23-18(26)13-7-9-25(10-8-13)30(27,28)17-4-3-11-29-17/h3-6,11-13H,7-10H2,1-2H3,(H,23,26). The summed E-state index contributed by atoms with van der Waals surface area (Å²) in [6, 6.07) is 6.91. The Bertz CT molecular complexity index is 998. The van der Waals surface area contributed by atoms with Gasteiger partial charge in [0.15, 0.2) is 0 Å². The third-order valence-corrected chi connectivity index (χ3v) is 8.27. The number of piperidine rings is 1. The number of nitrogens with one attached hydrogen (secondary N) is 1. The predicted molar refractivity (Wildman–Crippen MR) is 110 cm³/mol. The SMILES string of the molecule is CN(C)c1ccc(NC(=O)C2CCN(S(=O)(=O)c3cccs3)CC2)c(C(F)(F)F)c1. The minimum atomic E-state index is -4.62. The number of hydrogen-bond donors (Lipinski definition) is 1. The van der Waals surface area contributed by atoms with Crippen molar-refractivity contribution in [3.63, 3.8) is 0 Å². The van der Waals surface area contributed by atoms with Gasteiger partial charge in [-0.3, -0.25) is 4.79 Å². The van der Waals surface area contributed by atoms with Crippen molar-refractivity contribution in [1.82, 2.24) is 4.31 Å². The van der Waals surface area contributed by atoms with Crippen LogP contribution in [0.15, 0.2) is 39.9 Å². The fraction of sp³-hybridized carbons (Fsp3) is 0.421. The van der Waals surface area contributed by atoms with Crippen LogP contribution in [-0.2, 0) is 21.0 Å². The molecule has 30 heavy (non-hydrogen) atoms. The van der Waals surface area contributed by atoms with E-state index in [4.69, 9.17) is 0 Å². The third-order valence-electron chi connectivity index (χ3n) is 5.00. The van der Waals surface area contributed by atoms with Gasteiger partial charge < -0.3 is 10.2 Å². The quantitative estimate of drug-likeness (QED) is 0.734. The lowest BCUT2D eigenvalue weighted by molar-refractivity contribution is -0.137. The van der Waals surface area contributed by atoms with Crippen molar-refractivity contribution in [1.29, 1.82) is 0 Å². The van der Waals surface area contributed by atoms with Crippen LogP contribution in [0.2, 0.25) is 0 Å². The van der Waals surface area contributed by atoms with Crippen molar-refractivity contribution >= 4 is 38.6 Å². The van der Waals surface area contributed by atoms with Gasteiger partial charge in [-0.2, -0.15) is 17.5 Å². The molecule has 1 saturated heterocycles. The fourth-order valence-electron chi connectivity index (χ4n) is 3.28. The second-order valence-corrected chi connectivity index (χ2v) is 10.3. The number of rotatable bonds is 5. The minimum absolute atomic E-state index is 0.143. The summed E-state index contributed by atoms with van der Waals surface area (Å²) in [6.45, 7) is 0.286. The molecule has 1 aliphatic rings. The molecule has 2 heterocycles. The number of halogens is 3. The molecule has 1 aromatic carbocycles. The highest BCUT2D eigenvalue weighted by Gasteiger charge is 2.36. The molecule has 0 aliphatic carbocycles. The van der Waals surface area contributed by atoms with Crippen LogP contribution in [0.25, 0.3) is 0 Å². The van der Waals surface area contributed by atoms with Gasteiger partial charge in [-0.25, -0.2) is 8.42 Å². The summed E-state index contributed by atoms with van der Waals surface area (Å²) in [7, 11) is -0.338. The summed E-state index contributed by atoms with van der Waals surface area (Å²) >= 11 is 1.12. The largest absolute Gasteiger partial charge is 0.418 e. The monoisotopic (exact) mass is 461 g/mol. The highest BCUT2D eigenvalue weighted by Crippen LogP contribution is 2.37. The Hall–Kier alpha value is -2.11. The molecule has 1 aliphatic heterocycles. The lowest BCUT2D eigenvalue weighted by Gasteiger charge is -2.30. The number of amides is 1. The second kappa shape index (κ2) is 8.56. The van der Waals surface area contributed by atoms with Gasteiger partial charge in [0.2, 0.25) is 5.91 Å². The third kappa shape index (κ3) is 4.79. The van der Waals surface area contributed by atoms with Gasteiger partial charge in [-0.05, 0) is 42.5 Å². The molecule has 1 aromatic heterocycles. The average molecular weight is 462 g/mol. The summed E-state index contributed by atoms with van der Waals surface area (Å²) < 4.78 is 67.1. The van der Waals surface area contributed by atoms with Crippen molar-refractivity contribution in [2.75, 3.05) is 37.4 Å². The zero-order chi connectivity index (χ0) is 22.1. The van der Waals surface area contributed by atoms with E-state index in [1.807, 2.05) is 0 Å². The molecule has 2 aromatic rings. The lowest BCUT2D eigenvalue weighted by Crippen LogP contribution is -2.41. The van der Waals surface area contributed by atoms with Gasteiger partial charge >= 0.3 is 6.18 Å². The molecule has 0 atom stereocenters. The number of carbonyl (C=O) groups excluding carboxylic acids is 1. The number of anilines is 2. The number of sulfonamides is 1. The highest BCUT2D eigenvalue weighted by molar-refractivity contribution is 7.91. The molecule has 1 amide bonds. The first-order valence-electron chi connectivity index (χ1n) is 9.23. The van der Waals surface area contributed by atoms with Crippen LogP contribution in [0.1, 0.15) is 18.4 Å². The van der Waals surface area contributed by atoms with Crippen LogP contribution in [-0.4, -0.2) is 45.8 Å². The molecule has 6 nitrogen and oxygen atoms in total. The van der Waals surface area contributed by atoms with Crippen LogP contribution in [0.4, 0.5) is 24.5 Å². The Morgan fingerprint density at radius 1 is 1.20 bits per heavy atom. The second-order valence-electron chi connectivity index (χ2n) is 7.22. The number of nitrogens with zero attached hydrogens (tertiary/aromatic N) is 2. The first kappa shape index (κ1) is 22.6. The smallest absolute Gasteiger partial charge is 0.378 e. The topological polar surface area (TPSA) is 69.7 Å². The Balaban J connectivity index is 1.69. The molecule has 1 fully saturated rings. The Kier molecular flexibility index (Phi) is 6.44. The summed E-state index contributed by atoms with van der Waals surface area (Å²) in [5, 5.41) is 4.06. The van der Waals surface area contributed by atoms with Gasteiger partial charge in [-0.15, -0.1) is 11.3 Å². The maximum absolute atomic E-state index is 13.5. The first-order chi connectivity index (χ1) is 14.0. The van der Waals surface area contributed by atoms with Gasteiger partial charge in [-0.1, -0.05) is 6.07 Å². The Morgan fingerprint density at radius 3 is 2.40 bits per heavy atom. The number of benzene rings is 1. The predicted octanol–water partition coefficient (Wildman–Crippen LogP) is 3.87. The summed E-state index contributed by atoms with van der Waals surface area (Å²) in [4.78, 5) is 14.1. The molecule has 0 bridgehead atoms. The fourth-order valence-corrected chi connectivity index (χ4v) is 5.90. The first-order valence-corrected chi connectivity index (χ1v) is 11.5. The molecular weight excluding hydrogens is 439 g/mol. The number of carbonyl (C=O) groups is 1. The van der Waals surface area contributed by atoms with Crippen molar-refractivity contribution in [3.8, 4) is 0 Å². The van der Waals surface area contributed by atoms with Crippen LogP contribution in [0.3, 0.4) is 0 Å². The minimum Gasteiger partial charge on any atom is -0.378 e. The molecule has 0 radical (unpaired) electrons. The van der Waals surface area contributed by atoms with E-state index in [1.54, 1.807) is 30.4 Å². The maximum Gasteiger partial charge on any atom is 0.418 e. The zero-order valence-electron chi connectivity index (χ0n) is 16.4. The Morgan fingerprint density at radius 2 is 1.87 bits per heavy atom. The van der Waals surface area contributed by atoms with Crippen molar-refractivity contribution < 1.29 is 26.4 Å². The average Bonchev–Trinajstić information content (AvgIpc) is 3.23. The van der Waals surface area contributed by atoms with E-state index < -0.39 is 33.6 Å². The van der Waals surface area contributed by atoms with Crippen LogP contribution >= 0.6 is 11.3 Å². The van der Waals surface area contributed by atoms with Crippen LogP contribution in [0, 0.1) is 5.92 Å². The highest BCUT2D eigenvalue weighted by atomic mass is 32.2. The molecular formula is C19H22F3N3O3S2. The van der Waals surface area contributed by atoms with Gasteiger partial charge in [0.1, 0.15) is 4.21 Å². The number of thiophene rings is 1. The van der Waals surface area contributed by atoms with E-state index in [-0.39, 0.29) is 35.8 Å². The molecule has 0 saturated carbocycles. The molecule has 3 rings (SSSR count). The summed E-state index contributed by atoms with van der Waals surface area (Å²) in [5.41, 5.74) is -0.848. The molecule has 11 heteroatoms. The van der Waals surface area contributed by atoms with E-state index in [0.29, 0.717) is 5.69 Å².